The van der Waals surface area contributed by atoms with Crippen molar-refractivity contribution in [2.24, 2.45) is 4.99 Å². The number of nitrogens with one attached hydrogen (secondary N) is 3. The maximum atomic E-state index is 12.0. The van der Waals surface area contributed by atoms with E-state index in [-0.39, 0.29) is 10.8 Å². The van der Waals surface area contributed by atoms with Gasteiger partial charge in [0, 0.05) is 26.7 Å². The molecule has 0 aromatic carbocycles. The number of aliphatic imine (C=N–C) groups is 1. The van der Waals surface area contributed by atoms with Gasteiger partial charge in [-0.05, 0) is 19.1 Å². The van der Waals surface area contributed by atoms with E-state index in [0.29, 0.717) is 30.0 Å². The zero-order chi connectivity index (χ0) is 16.4. The normalized spacial score (nSPS) is 12.4. The highest BCUT2D eigenvalue weighted by Gasteiger charge is 2.15. The van der Waals surface area contributed by atoms with Gasteiger partial charge in [0.05, 0.1) is 17.5 Å². The number of hydrogen-bond acceptors (Lipinski definition) is 5. The predicted octanol–water partition coefficient (Wildman–Crippen LogP) is 0.881. The number of rotatable bonds is 9. The highest BCUT2D eigenvalue weighted by Crippen LogP contribution is 2.25. The molecule has 0 unspecified atom stereocenters. The van der Waals surface area contributed by atoms with E-state index in [1.54, 1.807) is 13.2 Å². The highest BCUT2D eigenvalue weighted by molar-refractivity contribution is 7.91. The quantitative estimate of drug-likeness (QED) is 0.342. The Labute approximate surface area is 140 Å². The summed E-state index contributed by atoms with van der Waals surface area (Å²) in [7, 11) is -1.89. The minimum atomic E-state index is -3.52. The molecule has 0 radical (unpaired) electrons. The summed E-state index contributed by atoms with van der Waals surface area (Å²) >= 11 is 6.76. The highest BCUT2D eigenvalue weighted by atomic mass is 35.5. The summed E-state index contributed by atoms with van der Waals surface area (Å²) in [5.74, 6) is 0.623. The van der Waals surface area contributed by atoms with Gasteiger partial charge in [-0.1, -0.05) is 11.6 Å². The molecule has 1 heterocycles. The van der Waals surface area contributed by atoms with Gasteiger partial charge in [-0.2, -0.15) is 0 Å². The topological polar surface area (TPSA) is 91.8 Å². The second-order valence-corrected chi connectivity index (χ2v) is 7.85. The molecule has 0 fully saturated rings. The Bertz CT molecular complexity index is 575. The summed E-state index contributed by atoms with van der Waals surface area (Å²) in [5.41, 5.74) is 0. The first kappa shape index (κ1) is 19.2. The van der Waals surface area contributed by atoms with Crippen molar-refractivity contribution in [2.45, 2.75) is 11.1 Å². The number of halogens is 1. The molecule has 0 saturated carbocycles. The molecule has 0 aliphatic carbocycles. The molecule has 126 valence electrons. The zero-order valence-corrected chi connectivity index (χ0v) is 14.9. The van der Waals surface area contributed by atoms with E-state index in [1.165, 1.54) is 6.07 Å². The van der Waals surface area contributed by atoms with Crippen molar-refractivity contribution in [2.75, 3.05) is 39.9 Å². The number of methoxy groups -OCH3 is 1. The largest absolute Gasteiger partial charge is 0.383 e. The van der Waals surface area contributed by atoms with Crippen molar-refractivity contribution in [1.82, 2.24) is 15.4 Å². The van der Waals surface area contributed by atoms with Crippen molar-refractivity contribution in [1.29, 1.82) is 0 Å². The van der Waals surface area contributed by atoms with Crippen LogP contribution in [0.3, 0.4) is 0 Å². The van der Waals surface area contributed by atoms with Crippen molar-refractivity contribution >= 4 is 38.9 Å². The van der Waals surface area contributed by atoms with Gasteiger partial charge < -0.3 is 15.4 Å². The van der Waals surface area contributed by atoms with E-state index >= 15 is 0 Å². The first-order valence-corrected chi connectivity index (χ1v) is 9.43. The van der Waals surface area contributed by atoms with E-state index in [0.717, 1.165) is 17.9 Å². The maximum Gasteiger partial charge on any atom is 0.250 e. The van der Waals surface area contributed by atoms with Crippen LogP contribution in [-0.2, 0) is 14.8 Å². The van der Waals surface area contributed by atoms with E-state index in [4.69, 9.17) is 16.3 Å². The van der Waals surface area contributed by atoms with Crippen LogP contribution in [0.5, 0.6) is 0 Å². The van der Waals surface area contributed by atoms with Gasteiger partial charge in [0.15, 0.2) is 5.96 Å². The second kappa shape index (κ2) is 10.0. The number of thiophene rings is 1. The molecule has 1 aromatic heterocycles. The fourth-order valence-electron chi connectivity index (χ4n) is 1.47. The van der Waals surface area contributed by atoms with Gasteiger partial charge in [-0.3, -0.25) is 4.99 Å². The van der Waals surface area contributed by atoms with Crippen LogP contribution in [-0.4, -0.2) is 54.3 Å². The van der Waals surface area contributed by atoms with E-state index in [2.05, 4.69) is 20.3 Å². The Kier molecular flexibility index (Phi) is 8.72. The van der Waals surface area contributed by atoms with Gasteiger partial charge in [0.1, 0.15) is 4.21 Å². The first-order chi connectivity index (χ1) is 10.5. The lowest BCUT2D eigenvalue weighted by Crippen LogP contribution is -2.39. The Balaban J connectivity index is 2.45. The minimum absolute atomic E-state index is 0.201. The first-order valence-electron chi connectivity index (χ1n) is 6.75. The van der Waals surface area contributed by atoms with Crippen LogP contribution in [0.1, 0.15) is 6.92 Å². The molecule has 0 bridgehead atoms. The molecule has 1 aromatic rings. The Morgan fingerprint density at radius 2 is 2.14 bits per heavy atom. The molecule has 0 spiro atoms. The second-order valence-electron chi connectivity index (χ2n) is 4.14. The third-order valence-corrected chi connectivity index (χ3v) is 5.61. The van der Waals surface area contributed by atoms with Gasteiger partial charge in [0.25, 0.3) is 0 Å². The number of hydrogen-bond donors (Lipinski definition) is 3. The van der Waals surface area contributed by atoms with E-state index in [9.17, 15) is 8.42 Å². The molecular weight excluding hydrogens is 348 g/mol. The van der Waals surface area contributed by atoms with Crippen LogP contribution in [0.25, 0.3) is 0 Å². The van der Waals surface area contributed by atoms with Crippen LogP contribution < -0.4 is 15.4 Å². The van der Waals surface area contributed by atoms with Crippen LogP contribution in [0.2, 0.25) is 4.34 Å². The summed E-state index contributed by atoms with van der Waals surface area (Å²) in [6.07, 6.45) is 0. The third-order valence-electron chi connectivity index (χ3n) is 2.43. The van der Waals surface area contributed by atoms with Crippen LogP contribution >= 0.6 is 22.9 Å². The smallest absolute Gasteiger partial charge is 0.250 e. The summed E-state index contributed by atoms with van der Waals surface area (Å²) in [6, 6.07) is 3.04. The number of guanidine groups is 1. The standard InChI is InChI=1S/C12H21ClN4O3S2/c1-3-14-12(16-8-9-20-2)15-6-7-17-22(18,19)11-5-4-10(13)21-11/h4-5,17H,3,6-9H2,1-2H3,(H2,14,15,16). The number of sulfonamides is 1. The lowest BCUT2D eigenvalue weighted by molar-refractivity contribution is 0.203. The zero-order valence-electron chi connectivity index (χ0n) is 12.6. The molecule has 0 saturated heterocycles. The van der Waals surface area contributed by atoms with Crippen molar-refractivity contribution < 1.29 is 13.2 Å². The number of ether oxygens (including phenoxy) is 1. The molecule has 0 aliphatic heterocycles. The Morgan fingerprint density at radius 3 is 2.73 bits per heavy atom. The molecule has 3 N–H and O–H groups in total. The lowest BCUT2D eigenvalue weighted by Gasteiger charge is -2.10. The summed E-state index contributed by atoms with van der Waals surface area (Å²) < 4.78 is 32.0. The van der Waals surface area contributed by atoms with Crippen molar-refractivity contribution in [3.63, 3.8) is 0 Å². The van der Waals surface area contributed by atoms with Crippen LogP contribution in [0, 0.1) is 0 Å². The molecule has 0 amide bonds. The van der Waals surface area contributed by atoms with Crippen molar-refractivity contribution in [3.05, 3.63) is 16.5 Å². The third kappa shape index (κ3) is 6.93. The van der Waals surface area contributed by atoms with Gasteiger partial charge in [-0.25, -0.2) is 13.1 Å². The van der Waals surface area contributed by atoms with E-state index < -0.39 is 10.0 Å². The van der Waals surface area contributed by atoms with Crippen LogP contribution in [0.15, 0.2) is 21.3 Å². The molecular formula is C12H21ClN4O3S2. The Hall–Kier alpha value is -0.870. The minimum Gasteiger partial charge on any atom is -0.383 e. The summed E-state index contributed by atoms with van der Waals surface area (Å²) in [5, 5.41) is 6.14. The summed E-state index contributed by atoms with van der Waals surface area (Å²) in [6.45, 7) is 4.40. The van der Waals surface area contributed by atoms with Crippen LogP contribution in [0.4, 0.5) is 0 Å². The number of nitrogens with zero attached hydrogens (tertiary/aromatic N) is 1. The van der Waals surface area contributed by atoms with Gasteiger partial charge in [-0.15, -0.1) is 11.3 Å². The van der Waals surface area contributed by atoms with Gasteiger partial charge in [0.2, 0.25) is 10.0 Å². The molecule has 1 rings (SSSR count). The maximum absolute atomic E-state index is 12.0. The van der Waals surface area contributed by atoms with Gasteiger partial charge >= 0.3 is 0 Å². The fraction of sp³-hybridized carbons (Fsp3) is 0.583. The van der Waals surface area contributed by atoms with E-state index in [1.807, 2.05) is 6.92 Å². The van der Waals surface area contributed by atoms with Crippen molar-refractivity contribution in [3.8, 4) is 0 Å². The average molecular weight is 369 g/mol. The molecule has 0 atom stereocenters. The molecule has 22 heavy (non-hydrogen) atoms. The monoisotopic (exact) mass is 368 g/mol. The summed E-state index contributed by atoms with van der Waals surface area (Å²) in [4.78, 5) is 4.28. The Morgan fingerprint density at radius 1 is 1.36 bits per heavy atom. The molecule has 0 aliphatic rings. The average Bonchev–Trinajstić information content (AvgIpc) is 2.91. The molecule has 10 heteroatoms. The lowest BCUT2D eigenvalue weighted by atomic mass is 10.6. The predicted molar refractivity (Wildman–Crippen MR) is 90.4 cm³/mol. The molecule has 7 nitrogen and oxygen atoms in total. The SMILES string of the molecule is CCNC(=NCCNS(=O)(=O)c1ccc(Cl)s1)NCCOC. The fourth-order valence-corrected chi connectivity index (χ4v) is 4.02.